The molecule has 2 N–H and O–H groups in total. The first-order chi connectivity index (χ1) is 16.0. The highest BCUT2D eigenvalue weighted by Gasteiger charge is 2.11. The number of amides is 2. The second-order valence-electron chi connectivity index (χ2n) is 7.04. The minimum Gasteiger partial charge on any atom is -0.302 e. The summed E-state index contributed by atoms with van der Waals surface area (Å²) in [7, 11) is 0. The monoisotopic (exact) mass is 484 g/mol. The smallest absolute Gasteiger partial charge is 0.226 e. The van der Waals surface area contributed by atoms with Crippen LogP contribution in [0, 0.1) is 11.6 Å². The maximum Gasteiger partial charge on any atom is 0.226 e. The number of nitrogens with one attached hydrogen (secondary N) is 2. The Morgan fingerprint density at radius 3 is 1.48 bits per heavy atom. The lowest BCUT2D eigenvalue weighted by Gasteiger charge is -2.03. The van der Waals surface area contributed by atoms with Gasteiger partial charge in [0.1, 0.15) is 11.6 Å². The third-order valence-electron chi connectivity index (χ3n) is 4.59. The number of nitrogens with zero attached hydrogens (tertiary/aromatic N) is 2. The van der Waals surface area contributed by atoms with Gasteiger partial charge in [0, 0.05) is 34.7 Å². The van der Waals surface area contributed by atoms with Gasteiger partial charge in [-0.15, -0.1) is 22.7 Å². The van der Waals surface area contributed by atoms with Crippen molar-refractivity contribution in [1.82, 2.24) is 9.97 Å². The van der Waals surface area contributed by atoms with E-state index in [-0.39, 0.29) is 36.3 Å². The minimum absolute atomic E-state index is 0.164. The molecule has 0 saturated carbocycles. The summed E-state index contributed by atoms with van der Waals surface area (Å²) in [5.74, 6) is -1.13. The number of aromatic nitrogens is 2. The van der Waals surface area contributed by atoms with E-state index >= 15 is 0 Å². The number of carbonyl (C=O) groups is 2. The molecule has 2 amide bonds. The maximum absolute atomic E-state index is 13.0. The molecule has 0 atom stereocenters. The van der Waals surface area contributed by atoms with E-state index < -0.39 is 0 Å². The van der Waals surface area contributed by atoms with Crippen molar-refractivity contribution >= 4 is 44.8 Å². The van der Waals surface area contributed by atoms with Crippen LogP contribution in [0.2, 0.25) is 0 Å². The summed E-state index contributed by atoms with van der Waals surface area (Å²) in [6.45, 7) is 0. The fraction of sp³-hybridized carbons (Fsp3) is 0.130. The molecule has 10 heteroatoms. The predicted molar refractivity (Wildman–Crippen MR) is 126 cm³/mol. The van der Waals surface area contributed by atoms with Crippen molar-refractivity contribution in [2.45, 2.75) is 19.3 Å². The average Bonchev–Trinajstić information content (AvgIpc) is 3.45. The first kappa shape index (κ1) is 22.7. The molecule has 2 aromatic carbocycles. The Hall–Kier alpha value is -3.50. The summed E-state index contributed by atoms with van der Waals surface area (Å²) in [5, 5.41) is 9.89. The maximum atomic E-state index is 13.0. The van der Waals surface area contributed by atoms with Gasteiger partial charge in [-0.1, -0.05) is 0 Å². The van der Waals surface area contributed by atoms with Gasteiger partial charge in [0.05, 0.1) is 11.4 Å². The molecule has 0 aliphatic carbocycles. The van der Waals surface area contributed by atoms with Crippen LogP contribution in [0.3, 0.4) is 0 Å². The fourth-order valence-corrected chi connectivity index (χ4v) is 4.41. The van der Waals surface area contributed by atoms with Crippen LogP contribution in [0.25, 0.3) is 22.5 Å². The molecule has 6 nitrogen and oxygen atoms in total. The van der Waals surface area contributed by atoms with Gasteiger partial charge in [0.15, 0.2) is 10.3 Å². The Labute approximate surface area is 196 Å². The van der Waals surface area contributed by atoms with E-state index in [1.165, 1.54) is 46.9 Å². The van der Waals surface area contributed by atoms with Crippen molar-refractivity contribution in [2.75, 3.05) is 10.6 Å². The Bertz CT molecular complexity index is 1160. The number of hydrogen-bond donors (Lipinski definition) is 2. The number of anilines is 2. The number of rotatable bonds is 8. The summed E-state index contributed by atoms with van der Waals surface area (Å²) in [5.41, 5.74) is 2.82. The largest absolute Gasteiger partial charge is 0.302 e. The highest BCUT2D eigenvalue weighted by molar-refractivity contribution is 7.14. The van der Waals surface area contributed by atoms with E-state index in [1.807, 2.05) is 0 Å². The van der Waals surface area contributed by atoms with Gasteiger partial charge in [-0.3, -0.25) is 9.59 Å². The first-order valence-electron chi connectivity index (χ1n) is 9.99. The van der Waals surface area contributed by atoms with Crippen LogP contribution in [-0.4, -0.2) is 21.8 Å². The number of thiazole rings is 2. The average molecular weight is 485 g/mol. The van der Waals surface area contributed by atoms with Gasteiger partial charge < -0.3 is 10.6 Å². The summed E-state index contributed by atoms with van der Waals surface area (Å²) < 4.78 is 26.1. The third kappa shape index (κ3) is 6.27. The van der Waals surface area contributed by atoms with Crippen LogP contribution >= 0.6 is 22.7 Å². The van der Waals surface area contributed by atoms with Crippen molar-refractivity contribution < 1.29 is 18.4 Å². The molecule has 2 heterocycles. The van der Waals surface area contributed by atoms with Crippen molar-refractivity contribution in [1.29, 1.82) is 0 Å². The van der Waals surface area contributed by atoms with Gasteiger partial charge in [-0.05, 0) is 55.0 Å². The number of halogens is 2. The standard InChI is InChI=1S/C23H18F2N4O2S2/c24-16-8-4-14(5-9-16)18-12-32-22(26-18)28-20(30)2-1-3-21(31)29-23-27-19(13-33-23)15-6-10-17(25)11-7-15/h4-13H,1-3H2,(H,26,28,30)(H,27,29,31). The summed E-state index contributed by atoms with van der Waals surface area (Å²) in [6, 6.07) is 11.9. The topological polar surface area (TPSA) is 84.0 Å². The molecule has 0 aliphatic heterocycles. The Morgan fingerprint density at radius 1 is 0.697 bits per heavy atom. The van der Waals surface area contributed by atoms with Crippen molar-refractivity contribution in [3.05, 3.63) is 70.9 Å². The molecule has 0 fully saturated rings. The highest BCUT2D eigenvalue weighted by Crippen LogP contribution is 2.26. The summed E-state index contributed by atoms with van der Waals surface area (Å²) in [4.78, 5) is 33.0. The molecular weight excluding hydrogens is 466 g/mol. The Balaban J connectivity index is 1.21. The second-order valence-corrected chi connectivity index (χ2v) is 8.76. The normalized spacial score (nSPS) is 10.7. The highest BCUT2D eigenvalue weighted by atomic mass is 32.1. The van der Waals surface area contributed by atoms with E-state index in [0.29, 0.717) is 28.1 Å². The summed E-state index contributed by atoms with van der Waals surface area (Å²) in [6.07, 6.45) is 0.694. The van der Waals surface area contributed by atoms with E-state index in [1.54, 1.807) is 35.0 Å². The minimum atomic E-state index is -0.324. The Kier molecular flexibility index (Phi) is 7.16. The van der Waals surface area contributed by atoms with Crippen molar-refractivity contribution in [2.24, 2.45) is 0 Å². The van der Waals surface area contributed by atoms with Gasteiger partial charge in [-0.25, -0.2) is 18.7 Å². The van der Waals surface area contributed by atoms with E-state index in [2.05, 4.69) is 20.6 Å². The van der Waals surface area contributed by atoms with Gasteiger partial charge in [0.25, 0.3) is 0 Å². The second kappa shape index (κ2) is 10.4. The van der Waals surface area contributed by atoms with E-state index in [9.17, 15) is 18.4 Å². The third-order valence-corrected chi connectivity index (χ3v) is 6.10. The lowest BCUT2D eigenvalue weighted by Crippen LogP contribution is -2.14. The molecule has 0 saturated heterocycles. The molecular formula is C23H18F2N4O2S2. The molecule has 33 heavy (non-hydrogen) atoms. The van der Waals surface area contributed by atoms with Crippen LogP contribution in [0.15, 0.2) is 59.3 Å². The number of hydrogen-bond acceptors (Lipinski definition) is 6. The van der Waals surface area contributed by atoms with Crippen LogP contribution in [0.5, 0.6) is 0 Å². The lowest BCUT2D eigenvalue weighted by molar-refractivity contribution is -0.117. The quantitative estimate of drug-likeness (QED) is 0.323. The SMILES string of the molecule is O=C(CCCC(=O)Nc1nc(-c2ccc(F)cc2)cs1)Nc1nc(-c2ccc(F)cc2)cs1. The number of carbonyl (C=O) groups excluding carboxylic acids is 2. The fourth-order valence-electron chi connectivity index (χ4n) is 2.94. The molecule has 0 spiro atoms. The van der Waals surface area contributed by atoms with E-state index in [0.717, 1.165) is 11.1 Å². The molecule has 168 valence electrons. The molecule has 0 unspecified atom stereocenters. The zero-order valence-corrected chi connectivity index (χ0v) is 18.8. The van der Waals surface area contributed by atoms with Crippen LogP contribution in [0.4, 0.5) is 19.0 Å². The number of benzene rings is 2. The first-order valence-corrected chi connectivity index (χ1v) is 11.7. The predicted octanol–water partition coefficient (Wildman–Crippen LogP) is 5.96. The van der Waals surface area contributed by atoms with Crippen LogP contribution in [0.1, 0.15) is 19.3 Å². The van der Waals surface area contributed by atoms with Crippen molar-refractivity contribution in [3.8, 4) is 22.5 Å². The molecule has 4 aromatic rings. The van der Waals surface area contributed by atoms with Gasteiger partial charge in [0.2, 0.25) is 11.8 Å². The Morgan fingerprint density at radius 2 is 1.09 bits per heavy atom. The van der Waals surface area contributed by atoms with Gasteiger partial charge in [-0.2, -0.15) is 0 Å². The van der Waals surface area contributed by atoms with Crippen molar-refractivity contribution in [3.63, 3.8) is 0 Å². The molecule has 0 radical (unpaired) electrons. The molecule has 0 bridgehead atoms. The van der Waals surface area contributed by atoms with Crippen LogP contribution < -0.4 is 10.6 Å². The molecule has 2 aromatic heterocycles. The zero-order chi connectivity index (χ0) is 23.2. The van der Waals surface area contributed by atoms with Crippen LogP contribution in [-0.2, 0) is 9.59 Å². The molecule has 0 aliphatic rings. The molecule has 4 rings (SSSR count). The summed E-state index contributed by atoms with van der Waals surface area (Å²) >= 11 is 2.55. The zero-order valence-electron chi connectivity index (χ0n) is 17.2. The lowest BCUT2D eigenvalue weighted by atomic mass is 10.2. The van der Waals surface area contributed by atoms with E-state index in [4.69, 9.17) is 0 Å². The van der Waals surface area contributed by atoms with Gasteiger partial charge >= 0.3 is 0 Å².